The van der Waals surface area contributed by atoms with E-state index in [0.29, 0.717) is 22.5 Å². The van der Waals surface area contributed by atoms with Crippen molar-refractivity contribution in [3.63, 3.8) is 0 Å². The van der Waals surface area contributed by atoms with Crippen LogP contribution < -0.4 is 0 Å². The summed E-state index contributed by atoms with van der Waals surface area (Å²) < 4.78 is 0. The van der Waals surface area contributed by atoms with Gasteiger partial charge in [0.25, 0.3) is 0 Å². The number of benzene rings is 4. The molecule has 4 nitrogen and oxygen atoms in total. The number of fused-ring (bicyclic) bond motifs is 1. The summed E-state index contributed by atoms with van der Waals surface area (Å²) in [7, 11) is 0. The molecule has 0 amide bonds. The van der Waals surface area contributed by atoms with E-state index in [0.717, 1.165) is 33.0 Å². The summed E-state index contributed by atoms with van der Waals surface area (Å²) in [5.41, 5.74) is 6.70. The molecule has 0 aliphatic rings. The van der Waals surface area contributed by atoms with E-state index in [4.69, 9.17) is 9.98 Å². The van der Waals surface area contributed by atoms with Crippen molar-refractivity contribution in [3.8, 4) is 11.5 Å². The van der Waals surface area contributed by atoms with Gasteiger partial charge in [-0.15, -0.1) is 0 Å². The first kappa shape index (κ1) is 25.2. The summed E-state index contributed by atoms with van der Waals surface area (Å²) in [6.45, 7) is 12.3. The van der Waals surface area contributed by atoms with E-state index in [9.17, 15) is 10.2 Å². The van der Waals surface area contributed by atoms with Crippen molar-refractivity contribution in [2.45, 2.75) is 53.4 Å². The molecule has 4 aromatic rings. The third-order valence-corrected chi connectivity index (χ3v) is 6.40. The maximum absolute atomic E-state index is 10.8. The van der Waals surface area contributed by atoms with E-state index in [1.165, 1.54) is 0 Å². The van der Waals surface area contributed by atoms with Gasteiger partial charge in [-0.1, -0.05) is 64.1 Å². The lowest BCUT2D eigenvalue weighted by Crippen LogP contribution is -1.95. The van der Waals surface area contributed by atoms with Crippen LogP contribution in [0.1, 0.15) is 72.9 Å². The number of phenolic OH excluding ortho intramolecular Hbond substituents is 2. The normalized spacial score (nSPS) is 12.1. The average molecular weight is 479 g/mol. The molecule has 0 aliphatic heterocycles. The van der Waals surface area contributed by atoms with Crippen molar-refractivity contribution in [2.75, 3.05) is 0 Å². The number of aromatic hydroxyl groups is 2. The molecule has 0 heterocycles. The minimum Gasteiger partial charge on any atom is -0.507 e. The molecule has 0 radical (unpaired) electrons. The molecule has 0 saturated heterocycles. The summed E-state index contributed by atoms with van der Waals surface area (Å²) in [4.78, 5) is 9.53. The predicted octanol–water partition coefficient (Wildman–Crippen LogP) is 8.62. The number of phenols is 2. The first-order valence-corrected chi connectivity index (χ1v) is 12.4. The SMILES string of the molecule is Cc1cc(C=Nc2cc3ccccc3cc2N=Cc2cc(C)cc(C(C)C)c2O)c(O)c(C(C)C)c1. The van der Waals surface area contributed by atoms with E-state index >= 15 is 0 Å². The predicted molar refractivity (Wildman–Crippen MR) is 152 cm³/mol. The molecular weight excluding hydrogens is 444 g/mol. The number of aryl methyl sites for hydroxylation is 2. The van der Waals surface area contributed by atoms with E-state index < -0.39 is 0 Å². The van der Waals surface area contributed by atoms with Gasteiger partial charge >= 0.3 is 0 Å². The first-order chi connectivity index (χ1) is 17.1. The van der Waals surface area contributed by atoms with Gasteiger partial charge in [0.2, 0.25) is 0 Å². The van der Waals surface area contributed by atoms with Crippen LogP contribution in [0.2, 0.25) is 0 Å². The van der Waals surface area contributed by atoms with E-state index in [1.807, 2.05) is 74.5 Å². The van der Waals surface area contributed by atoms with Crippen LogP contribution in [-0.4, -0.2) is 22.6 Å². The van der Waals surface area contributed by atoms with Crippen molar-refractivity contribution >= 4 is 34.6 Å². The zero-order valence-corrected chi connectivity index (χ0v) is 21.9. The molecule has 0 spiro atoms. The molecule has 4 rings (SSSR count). The molecule has 0 saturated carbocycles. The number of aliphatic imine (C=N–C) groups is 2. The second kappa shape index (κ2) is 10.4. The van der Waals surface area contributed by atoms with Crippen LogP contribution in [0.3, 0.4) is 0 Å². The Morgan fingerprint density at radius 1 is 0.611 bits per heavy atom. The van der Waals surface area contributed by atoms with Gasteiger partial charge in [0.05, 0.1) is 11.4 Å². The molecule has 184 valence electrons. The van der Waals surface area contributed by atoms with Gasteiger partial charge in [-0.05, 0) is 83.0 Å². The van der Waals surface area contributed by atoms with Crippen LogP contribution in [0.5, 0.6) is 11.5 Å². The lowest BCUT2D eigenvalue weighted by Gasteiger charge is -2.12. The second-order valence-electron chi connectivity index (χ2n) is 10.1. The Labute approximate surface area is 213 Å². The highest BCUT2D eigenvalue weighted by molar-refractivity contribution is 5.96. The van der Waals surface area contributed by atoms with Crippen molar-refractivity contribution in [2.24, 2.45) is 9.98 Å². The third-order valence-electron chi connectivity index (χ3n) is 6.40. The molecule has 4 aromatic carbocycles. The topological polar surface area (TPSA) is 65.2 Å². The monoisotopic (exact) mass is 478 g/mol. The molecule has 0 aliphatic carbocycles. The smallest absolute Gasteiger partial charge is 0.127 e. The van der Waals surface area contributed by atoms with E-state index in [-0.39, 0.29) is 23.3 Å². The summed E-state index contributed by atoms with van der Waals surface area (Å²) in [6.07, 6.45) is 3.41. The molecular formula is C32H34N2O2. The Kier molecular flexibility index (Phi) is 7.25. The highest BCUT2D eigenvalue weighted by atomic mass is 16.3. The molecule has 0 bridgehead atoms. The Balaban J connectivity index is 1.81. The fourth-order valence-electron chi connectivity index (χ4n) is 4.45. The summed E-state index contributed by atoms with van der Waals surface area (Å²) in [5, 5.41) is 23.8. The number of nitrogens with zero attached hydrogens (tertiary/aromatic N) is 2. The highest BCUT2D eigenvalue weighted by Crippen LogP contribution is 2.36. The number of rotatable bonds is 6. The largest absolute Gasteiger partial charge is 0.507 e. The second-order valence-corrected chi connectivity index (χ2v) is 10.1. The van der Waals surface area contributed by atoms with E-state index in [1.54, 1.807) is 12.4 Å². The van der Waals surface area contributed by atoms with Gasteiger partial charge in [0, 0.05) is 23.6 Å². The van der Waals surface area contributed by atoms with Gasteiger partial charge in [-0.3, -0.25) is 9.98 Å². The van der Waals surface area contributed by atoms with Gasteiger partial charge in [0.15, 0.2) is 0 Å². The Hall–Kier alpha value is -3.92. The van der Waals surface area contributed by atoms with Crippen LogP contribution in [0.25, 0.3) is 10.8 Å². The maximum Gasteiger partial charge on any atom is 0.127 e. The minimum atomic E-state index is 0.204. The fraction of sp³-hybridized carbons (Fsp3) is 0.250. The maximum atomic E-state index is 10.8. The highest BCUT2D eigenvalue weighted by Gasteiger charge is 2.13. The third kappa shape index (κ3) is 5.33. The number of hydrogen-bond acceptors (Lipinski definition) is 4. The summed E-state index contributed by atoms with van der Waals surface area (Å²) in [5.74, 6) is 0.929. The van der Waals surface area contributed by atoms with Crippen LogP contribution >= 0.6 is 0 Å². The molecule has 0 unspecified atom stereocenters. The lowest BCUT2D eigenvalue weighted by atomic mass is 9.97. The van der Waals surface area contributed by atoms with Crippen LogP contribution in [-0.2, 0) is 0 Å². The van der Waals surface area contributed by atoms with Crippen LogP contribution in [0.4, 0.5) is 11.4 Å². The Bertz CT molecular complexity index is 1370. The molecule has 0 atom stereocenters. The quantitative estimate of drug-likeness (QED) is 0.272. The van der Waals surface area contributed by atoms with Crippen LogP contribution in [0, 0.1) is 13.8 Å². The van der Waals surface area contributed by atoms with Crippen molar-refractivity contribution < 1.29 is 10.2 Å². The molecule has 2 N–H and O–H groups in total. The summed E-state index contributed by atoms with van der Waals surface area (Å²) >= 11 is 0. The van der Waals surface area contributed by atoms with Crippen molar-refractivity contribution in [1.82, 2.24) is 0 Å². The molecule has 0 fully saturated rings. The Morgan fingerprint density at radius 3 is 1.36 bits per heavy atom. The molecule has 4 heteroatoms. The average Bonchev–Trinajstić information content (AvgIpc) is 2.83. The van der Waals surface area contributed by atoms with Crippen molar-refractivity contribution in [3.05, 3.63) is 94.0 Å². The zero-order valence-electron chi connectivity index (χ0n) is 21.9. The first-order valence-electron chi connectivity index (χ1n) is 12.4. The van der Waals surface area contributed by atoms with Gasteiger partial charge in [-0.25, -0.2) is 0 Å². The molecule has 36 heavy (non-hydrogen) atoms. The van der Waals surface area contributed by atoms with Crippen molar-refractivity contribution in [1.29, 1.82) is 0 Å². The Morgan fingerprint density at radius 2 is 1.00 bits per heavy atom. The minimum absolute atomic E-state index is 0.204. The van der Waals surface area contributed by atoms with Gasteiger partial charge in [0.1, 0.15) is 11.5 Å². The van der Waals surface area contributed by atoms with E-state index in [2.05, 4.69) is 27.7 Å². The number of hydrogen-bond donors (Lipinski definition) is 2. The van der Waals surface area contributed by atoms with Crippen LogP contribution in [0.15, 0.2) is 70.6 Å². The fourth-order valence-corrected chi connectivity index (χ4v) is 4.45. The van der Waals surface area contributed by atoms with Gasteiger partial charge < -0.3 is 10.2 Å². The zero-order chi connectivity index (χ0) is 26.0. The standard InChI is InChI=1S/C32H34N2O2/c1-19(2)27-13-21(5)11-25(31(27)35)17-33-29-15-23-9-7-8-10-24(23)16-30(29)34-18-26-12-22(6)14-28(20(3)4)32(26)36/h7-20,35-36H,1-6H3. The summed E-state index contributed by atoms with van der Waals surface area (Å²) in [6, 6.07) is 20.0. The lowest BCUT2D eigenvalue weighted by molar-refractivity contribution is 0.463. The molecule has 0 aromatic heterocycles. The van der Waals surface area contributed by atoms with Gasteiger partial charge in [-0.2, -0.15) is 0 Å².